The molecule has 1 aliphatic rings. The van der Waals surface area contributed by atoms with Crippen LogP contribution in [0.1, 0.15) is 28.4 Å². The molecule has 2 rings (SSSR count). The van der Waals surface area contributed by atoms with E-state index in [1.54, 1.807) is 12.0 Å². The van der Waals surface area contributed by atoms with E-state index in [-0.39, 0.29) is 23.1 Å². The van der Waals surface area contributed by atoms with Crippen LogP contribution in [0.5, 0.6) is 0 Å². The van der Waals surface area contributed by atoms with Crippen molar-refractivity contribution < 1.29 is 19.0 Å². The van der Waals surface area contributed by atoms with E-state index in [0.29, 0.717) is 13.1 Å². The minimum Gasteiger partial charge on any atom is -0.380 e. The van der Waals surface area contributed by atoms with Gasteiger partial charge in [-0.2, -0.15) is 0 Å². The molecule has 5 heteroatoms. The average molecular weight is 277 g/mol. The summed E-state index contributed by atoms with van der Waals surface area (Å²) in [5.74, 6) is 1.12. The second kappa shape index (κ2) is 6.04. The van der Waals surface area contributed by atoms with Crippen molar-refractivity contribution in [2.24, 2.45) is 0 Å². The quantitative estimate of drug-likeness (QED) is 0.849. The number of aliphatic hydroxyl groups excluding tert-OH is 1. The number of hydrogen-bond acceptors (Lipinski definition) is 3. The first-order chi connectivity index (χ1) is 9.56. The van der Waals surface area contributed by atoms with Gasteiger partial charge >= 0.3 is 0 Å². The van der Waals surface area contributed by atoms with E-state index in [0.717, 1.165) is 12.5 Å². The number of amides is 1. The molecule has 1 aliphatic heterocycles. The predicted octanol–water partition coefficient (Wildman–Crippen LogP) is 1.35. The Labute approximate surface area is 117 Å². The van der Waals surface area contributed by atoms with Gasteiger partial charge in [-0.25, -0.2) is 4.39 Å². The van der Waals surface area contributed by atoms with Crippen LogP contribution in [0.2, 0.25) is 0 Å². The molecule has 20 heavy (non-hydrogen) atoms. The molecule has 1 N–H and O–H groups in total. The third kappa shape index (κ3) is 2.82. The average Bonchev–Trinajstić information content (AvgIpc) is 2.94. The van der Waals surface area contributed by atoms with E-state index in [1.165, 1.54) is 12.1 Å². The third-order valence-corrected chi connectivity index (χ3v) is 3.47. The van der Waals surface area contributed by atoms with Crippen LogP contribution in [0, 0.1) is 18.2 Å². The Hall–Kier alpha value is -1.90. The van der Waals surface area contributed by atoms with Gasteiger partial charge in [0, 0.05) is 31.3 Å². The zero-order chi connectivity index (χ0) is 14.7. The number of hydrogen-bond donors (Lipinski definition) is 1. The van der Waals surface area contributed by atoms with Gasteiger partial charge in [-0.15, -0.1) is 6.42 Å². The molecule has 106 valence electrons. The van der Waals surface area contributed by atoms with Crippen LogP contribution in [0.3, 0.4) is 0 Å². The molecule has 1 aromatic carbocycles. The number of carbonyl (C=O) groups is 1. The van der Waals surface area contributed by atoms with E-state index < -0.39 is 11.9 Å². The van der Waals surface area contributed by atoms with Crippen LogP contribution in [0.15, 0.2) is 18.2 Å². The summed E-state index contributed by atoms with van der Waals surface area (Å²) < 4.78 is 19.0. The lowest BCUT2D eigenvalue weighted by atomic mass is 10.1. The van der Waals surface area contributed by atoms with Gasteiger partial charge in [-0.1, -0.05) is 12.0 Å². The highest BCUT2D eigenvalue weighted by Gasteiger charge is 2.27. The molecule has 4 nitrogen and oxygen atoms in total. The maximum Gasteiger partial charge on any atom is 0.254 e. The van der Waals surface area contributed by atoms with E-state index in [4.69, 9.17) is 11.2 Å². The zero-order valence-electron chi connectivity index (χ0n) is 11.2. The number of halogens is 1. The molecule has 0 aliphatic carbocycles. The second-order valence-corrected chi connectivity index (χ2v) is 4.70. The van der Waals surface area contributed by atoms with Crippen molar-refractivity contribution in [1.29, 1.82) is 0 Å². The topological polar surface area (TPSA) is 49.8 Å². The number of ether oxygens (including phenoxy) is 1. The molecule has 0 bridgehead atoms. The number of likely N-dealkylation sites (tertiary alicyclic amines) is 1. The first-order valence-electron chi connectivity index (χ1n) is 6.32. The summed E-state index contributed by atoms with van der Waals surface area (Å²) in [6.07, 6.45) is 4.55. The Kier molecular flexibility index (Phi) is 4.38. The summed E-state index contributed by atoms with van der Waals surface area (Å²) in [6, 6.07) is 3.93. The Morgan fingerprint density at radius 2 is 2.40 bits per heavy atom. The van der Waals surface area contributed by atoms with Crippen molar-refractivity contribution in [3.63, 3.8) is 0 Å². The minimum atomic E-state index is -1.30. The Bertz CT molecular complexity index is 553. The van der Waals surface area contributed by atoms with E-state index in [2.05, 4.69) is 0 Å². The molecule has 1 saturated heterocycles. The smallest absolute Gasteiger partial charge is 0.254 e. The van der Waals surface area contributed by atoms with Crippen LogP contribution in [-0.4, -0.2) is 42.2 Å². The van der Waals surface area contributed by atoms with Crippen molar-refractivity contribution >= 4 is 5.91 Å². The van der Waals surface area contributed by atoms with Crippen LogP contribution in [0.4, 0.5) is 4.39 Å². The normalized spacial score (nSPS) is 19.7. The van der Waals surface area contributed by atoms with Gasteiger partial charge in [0.25, 0.3) is 5.91 Å². The fourth-order valence-electron chi connectivity index (χ4n) is 2.26. The van der Waals surface area contributed by atoms with Gasteiger partial charge in [0.15, 0.2) is 0 Å². The number of aliphatic hydroxyl groups is 1. The zero-order valence-corrected chi connectivity index (χ0v) is 11.2. The molecule has 1 amide bonds. The number of carbonyl (C=O) groups excluding carboxylic acids is 1. The molecule has 0 saturated carbocycles. The highest BCUT2D eigenvalue weighted by molar-refractivity contribution is 5.94. The molecule has 0 aromatic heterocycles. The maximum atomic E-state index is 13.8. The summed E-state index contributed by atoms with van der Waals surface area (Å²) in [6.45, 7) is 1.10. The summed E-state index contributed by atoms with van der Waals surface area (Å²) in [5.41, 5.74) is 0.243. The van der Waals surface area contributed by atoms with Crippen molar-refractivity contribution in [2.75, 3.05) is 20.2 Å². The Balaban J connectivity index is 2.16. The first kappa shape index (κ1) is 14.5. The fraction of sp³-hybridized carbons (Fsp3) is 0.400. The highest BCUT2D eigenvalue weighted by atomic mass is 19.1. The summed E-state index contributed by atoms with van der Waals surface area (Å²) in [7, 11) is 1.61. The number of benzene rings is 1. The van der Waals surface area contributed by atoms with E-state index >= 15 is 0 Å². The molecule has 2 atom stereocenters. The lowest BCUT2D eigenvalue weighted by Crippen LogP contribution is -2.30. The first-order valence-corrected chi connectivity index (χ1v) is 6.32. The molecule has 1 heterocycles. The lowest BCUT2D eigenvalue weighted by Gasteiger charge is -2.16. The van der Waals surface area contributed by atoms with Crippen molar-refractivity contribution in [3.05, 3.63) is 35.1 Å². The minimum absolute atomic E-state index is 0.000222. The number of nitrogens with zero attached hydrogens (tertiary/aromatic N) is 1. The molecule has 0 spiro atoms. The highest BCUT2D eigenvalue weighted by Crippen LogP contribution is 2.20. The van der Waals surface area contributed by atoms with Crippen molar-refractivity contribution in [2.45, 2.75) is 18.6 Å². The molecular weight excluding hydrogens is 261 g/mol. The van der Waals surface area contributed by atoms with Gasteiger partial charge in [0.2, 0.25) is 0 Å². The predicted molar refractivity (Wildman–Crippen MR) is 71.5 cm³/mol. The van der Waals surface area contributed by atoms with Crippen molar-refractivity contribution in [3.8, 4) is 12.3 Å². The van der Waals surface area contributed by atoms with Crippen LogP contribution in [0.25, 0.3) is 0 Å². The summed E-state index contributed by atoms with van der Waals surface area (Å²) >= 11 is 0. The fourth-order valence-corrected chi connectivity index (χ4v) is 2.26. The molecule has 1 aromatic rings. The van der Waals surface area contributed by atoms with Crippen molar-refractivity contribution in [1.82, 2.24) is 4.90 Å². The van der Waals surface area contributed by atoms with E-state index in [9.17, 15) is 14.3 Å². The maximum absolute atomic E-state index is 13.8. The van der Waals surface area contributed by atoms with Gasteiger partial charge in [0.05, 0.1) is 6.10 Å². The lowest BCUT2D eigenvalue weighted by molar-refractivity contribution is 0.0723. The van der Waals surface area contributed by atoms with Gasteiger partial charge in [0.1, 0.15) is 11.9 Å². The molecular formula is C15H16FNO3. The monoisotopic (exact) mass is 277 g/mol. The second-order valence-electron chi connectivity index (χ2n) is 4.70. The van der Waals surface area contributed by atoms with Gasteiger partial charge in [-0.05, 0) is 18.6 Å². The van der Waals surface area contributed by atoms with Crippen LogP contribution in [-0.2, 0) is 4.74 Å². The third-order valence-electron chi connectivity index (χ3n) is 3.47. The molecule has 2 unspecified atom stereocenters. The molecule has 1 fully saturated rings. The molecule has 0 radical (unpaired) electrons. The largest absolute Gasteiger partial charge is 0.380 e. The summed E-state index contributed by atoms with van der Waals surface area (Å²) in [5, 5.41) is 9.43. The van der Waals surface area contributed by atoms with E-state index in [1.807, 2.05) is 5.92 Å². The van der Waals surface area contributed by atoms with Gasteiger partial charge in [-0.3, -0.25) is 4.79 Å². The van der Waals surface area contributed by atoms with Crippen LogP contribution < -0.4 is 0 Å². The summed E-state index contributed by atoms with van der Waals surface area (Å²) in [4.78, 5) is 13.8. The Morgan fingerprint density at radius 1 is 1.65 bits per heavy atom. The number of rotatable bonds is 3. The Morgan fingerprint density at radius 3 is 2.95 bits per heavy atom. The SMILES string of the molecule is C#CC(O)c1ccc(C(=O)N2CCC(OC)C2)cc1F. The standard InChI is InChI=1S/C15H16FNO3/c1-3-14(18)12-5-4-10(8-13(12)16)15(19)17-7-6-11(9-17)20-2/h1,4-5,8,11,14,18H,6-7,9H2,2H3. The number of terminal acetylenes is 1. The number of methoxy groups -OCH3 is 1. The van der Waals surface area contributed by atoms with Crippen LogP contribution >= 0.6 is 0 Å². The van der Waals surface area contributed by atoms with Gasteiger partial charge < -0.3 is 14.7 Å².